The molecule has 5 heteroatoms. The summed E-state index contributed by atoms with van der Waals surface area (Å²) in [7, 11) is 0. The average Bonchev–Trinajstić information content (AvgIpc) is 3.32. The molecular weight excluding hydrogens is 502 g/mol. The van der Waals surface area contributed by atoms with E-state index < -0.39 is 0 Å². The first-order valence-electron chi connectivity index (χ1n) is 13.9. The van der Waals surface area contributed by atoms with Gasteiger partial charge in [-0.05, 0) is 42.5 Å². The molecule has 1 N–H and O–H groups in total. The summed E-state index contributed by atoms with van der Waals surface area (Å²) in [5.41, 5.74) is 6.83. The Kier molecular flexibility index (Phi) is 8.97. The highest BCUT2D eigenvalue weighted by Crippen LogP contribution is 2.32. The molecule has 3 aromatic carbocycles. The minimum Gasteiger partial charge on any atom is -0.508 e. The topological polar surface area (TPSA) is 41.3 Å². The van der Waals surface area contributed by atoms with Gasteiger partial charge in [0.05, 0.1) is 11.4 Å². The molecule has 0 fully saturated rings. The number of phenolic OH excluding ortho intramolecular Hbond substituents is 1. The number of halogens is 1. The third-order valence-electron chi connectivity index (χ3n) is 7.16. The van der Waals surface area contributed by atoms with Crippen LogP contribution in [0.5, 0.6) is 5.75 Å². The molecule has 39 heavy (non-hydrogen) atoms. The number of rotatable bonds is 11. The third-order valence-corrected chi connectivity index (χ3v) is 7.51. The molecule has 5 rings (SSSR count). The van der Waals surface area contributed by atoms with Gasteiger partial charge in [-0.25, -0.2) is 4.98 Å². The lowest BCUT2D eigenvalue weighted by Gasteiger charge is -2.25. The molecule has 1 aliphatic carbocycles. The monoisotopic (exact) mass is 537 g/mol. The molecule has 0 aliphatic heterocycles. The van der Waals surface area contributed by atoms with Gasteiger partial charge in [0.15, 0.2) is 0 Å². The van der Waals surface area contributed by atoms with Gasteiger partial charge in [0.25, 0.3) is 0 Å². The first-order chi connectivity index (χ1) is 19.1. The van der Waals surface area contributed by atoms with Crippen molar-refractivity contribution in [2.45, 2.75) is 58.8 Å². The second kappa shape index (κ2) is 13.0. The van der Waals surface area contributed by atoms with E-state index in [4.69, 9.17) is 16.6 Å². The summed E-state index contributed by atoms with van der Waals surface area (Å²) in [6.45, 7) is 5.29. The summed E-state index contributed by atoms with van der Waals surface area (Å²) in [4.78, 5) is 7.74. The summed E-state index contributed by atoms with van der Waals surface area (Å²) in [5, 5.41) is 10.5. The SMILES string of the molecule is CCCCn1c(C2=CCCC=C2)nc(-c2ccccc2)c1CN(Cc1ccccc1)Cc1ccc(O)cc1Cl. The van der Waals surface area contributed by atoms with E-state index in [0.29, 0.717) is 18.1 Å². The average molecular weight is 538 g/mol. The van der Waals surface area contributed by atoms with Crippen molar-refractivity contribution in [1.29, 1.82) is 0 Å². The van der Waals surface area contributed by atoms with Crippen LogP contribution >= 0.6 is 11.6 Å². The molecule has 0 bridgehead atoms. The van der Waals surface area contributed by atoms with Crippen LogP contribution in [0.25, 0.3) is 16.8 Å². The molecule has 1 aliphatic rings. The first-order valence-corrected chi connectivity index (χ1v) is 14.3. The highest BCUT2D eigenvalue weighted by atomic mass is 35.5. The highest BCUT2D eigenvalue weighted by Gasteiger charge is 2.23. The fraction of sp³-hybridized carbons (Fsp3) is 0.265. The van der Waals surface area contributed by atoms with Gasteiger partial charge >= 0.3 is 0 Å². The molecule has 0 amide bonds. The van der Waals surface area contributed by atoms with Gasteiger partial charge in [0.2, 0.25) is 0 Å². The molecular formula is C34H36ClN3O. The van der Waals surface area contributed by atoms with Gasteiger partial charge in [-0.15, -0.1) is 0 Å². The number of hydrogen-bond acceptors (Lipinski definition) is 3. The molecule has 0 saturated carbocycles. The van der Waals surface area contributed by atoms with Gasteiger partial charge in [0, 0.05) is 42.3 Å². The number of phenols is 1. The summed E-state index contributed by atoms with van der Waals surface area (Å²) in [6, 6.07) is 26.3. The predicted molar refractivity (Wildman–Crippen MR) is 161 cm³/mol. The van der Waals surface area contributed by atoms with Crippen LogP contribution in [0.4, 0.5) is 0 Å². The maximum absolute atomic E-state index is 9.93. The van der Waals surface area contributed by atoms with Crippen LogP contribution in [0.3, 0.4) is 0 Å². The largest absolute Gasteiger partial charge is 0.508 e. The van der Waals surface area contributed by atoms with Crippen molar-refractivity contribution in [2.24, 2.45) is 0 Å². The minimum atomic E-state index is 0.181. The van der Waals surface area contributed by atoms with E-state index in [0.717, 1.165) is 61.4 Å². The summed E-state index contributed by atoms with van der Waals surface area (Å²) < 4.78 is 2.45. The van der Waals surface area contributed by atoms with Crippen molar-refractivity contribution in [3.05, 3.63) is 125 Å². The lowest BCUT2D eigenvalue weighted by Crippen LogP contribution is -2.25. The molecule has 4 aromatic rings. The molecule has 0 saturated heterocycles. The van der Waals surface area contributed by atoms with E-state index in [1.165, 1.54) is 16.8 Å². The van der Waals surface area contributed by atoms with E-state index in [-0.39, 0.29) is 5.75 Å². The zero-order valence-electron chi connectivity index (χ0n) is 22.6. The summed E-state index contributed by atoms with van der Waals surface area (Å²) >= 11 is 6.59. The molecule has 0 radical (unpaired) electrons. The number of aromatic nitrogens is 2. The van der Waals surface area contributed by atoms with Crippen LogP contribution in [0.2, 0.25) is 5.02 Å². The lowest BCUT2D eigenvalue weighted by atomic mass is 10.1. The van der Waals surface area contributed by atoms with Crippen molar-refractivity contribution < 1.29 is 5.11 Å². The van der Waals surface area contributed by atoms with E-state index in [1.807, 2.05) is 6.07 Å². The normalized spacial score (nSPS) is 13.2. The predicted octanol–water partition coefficient (Wildman–Crippen LogP) is 8.65. The van der Waals surface area contributed by atoms with E-state index in [2.05, 4.69) is 95.3 Å². The first kappa shape index (κ1) is 27.0. The molecule has 200 valence electrons. The van der Waals surface area contributed by atoms with Gasteiger partial charge in [-0.3, -0.25) is 4.90 Å². The molecule has 0 spiro atoms. The summed E-state index contributed by atoms with van der Waals surface area (Å²) in [6.07, 6.45) is 11.1. The summed E-state index contributed by atoms with van der Waals surface area (Å²) in [5.74, 6) is 1.23. The van der Waals surface area contributed by atoms with Crippen LogP contribution in [0.15, 0.2) is 97.1 Å². The Labute approximate surface area is 236 Å². The van der Waals surface area contributed by atoms with E-state index in [1.54, 1.807) is 12.1 Å². The van der Waals surface area contributed by atoms with Crippen LogP contribution in [-0.2, 0) is 26.2 Å². The second-order valence-electron chi connectivity index (χ2n) is 10.1. The quantitative estimate of drug-likeness (QED) is 0.208. The molecule has 1 aromatic heterocycles. The zero-order valence-corrected chi connectivity index (χ0v) is 23.3. The van der Waals surface area contributed by atoms with Gasteiger partial charge in [-0.1, -0.05) is 110 Å². The Morgan fingerprint density at radius 1 is 0.923 bits per heavy atom. The van der Waals surface area contributed by atoms with Crippen LogP contribution in [0.1, 0.15) is 55.3 Å². The molecule has 4 nitrogen and oxygen atoms in total. The number of hydrogen-bond donors (Lipinski definition) is 1. The van der Waals surface area contributed by atoms with Crippen LogP contribution in [0, 0.1) is 0 Å². The lowest BCUT2D eigenvalue weighted by molar-refractivity contribution is 0.241. The van der Waals surface area contributed by atoms with E-state index >= 15 is 0 Å². The van der Waals surface area contributed by atoms with Gasteiger partial charge in [-0.2, -0.15) is 0 Å². The number of benzene rings is 3. The fourth-order valence-electron chi connectivity index (χ4n) is 5.16. The van der Waals surface area contributed by atoms with Crippen molar-refractivity contribution in [1.82, 2.24) is 14.5 Å². The third kappa shape index (κ3) is 6.70. The Hall–Kier alpha value is -3.60. The molecule has 0 atom stereocenters. The van der Waals surface area contributed by atoms with E-state index in [9.17, 15) is 5.11 Å². The van der Waals surface area contributed by atoms with Crippen LogP contribution < -0.4 is 0 Å². The highest BCUT2D eigenvalue weighted by molar-refractivity contribution is 6.31. The smallest absolute Gasteiger partial charge is 0.140 e. The van der Waals surface area contributed by atoms with Crippen molar-refractivity contribution in [3.8, 4) is 17.0 Å². The number of unbranched alkanes of at least 4 members (excludes halogenated alkanes) is 1. The second-order valence-corrected chi connectivity index (χ2v) is 10.6. The van der Waals surface area contributed by atoms with Crippen molar-refractivity contribution in [2.75, 3.05) is 0 Å². The Morgan fingerprint density at radius 3 is 2.38 bits per heavy atom. The molecule has 1 heterocycles. The number of allylic oxidation sites excluding steroid dienone is 4. The maximum Gasteiger partial charge on any atom is 0.140 e. The Morgan fingerprint density at radius 2 is 1.69 bits per heavy atom. The van der Waals surface area contributed by atoms with Crippen molar-refractivity contribution >= 4 is 17.2 Å². The van der Waals surface area contributed by atoms with Crippen LogP contribution in [-0.4, -0.2) is 19.6 Å². The minimum absolute atomic E-state index is 0.181. The fourth-order valence-corrected chi connectivity index (χ4v) is 5.39. The van der Waals surface area contributed by atoms with Crippen molar-refractivity contribution in [3.63, 3.8) is 0 Å². The number of imidazole rings is 1. The maximum atomic E-state index is 9.93. The zero-order chi connectivity index (χ0) is 27.0. The van der Waals surface area contributed by atoms with Gasteiger partial charge < -0.3 is 9.67 Å². The number of nitrogens with zero attached hydrogens (tertiary/aromatic N) is 3. The molecule has 0 unspecified atom stereocenters. The number of aromatic hydroxyl groups is 1. The van der Waals surface area contributed by atoms with Gasteiger partial charge in [0.1, 0.15) is 11.6 Å². The Balaban J connectivity index is 1.60. The standard InChI is InChI=1S/C34H36ClN3O/c1-2-3-21-38-32(33(27-15-9-5-10-16-27)36-34(38)28-17-11-6-12-18-28)25-37(23-26-13-7-4-8-14-26)24-29-19-20-30(39)22-31(29)35/h4-5,7-11,13-20,22,39H,2-3,6,12,21,23-25H2,1H3. The Bertz CT molecular complexity index is 1440.